The lowest BCUT2D eigenvalue weighted by Gasteiger charge is -2.19. The lowest BCUT2D eigenvalue weighted by molar-refractivity contribution is 0.120. The highest BCUT2D eigenvalue weighted by Gasteiger charge is 2.10. The van der Waals surface area contributed by atoms with Crippen LogP contribution in [-0.4, -0.2) is 23.8 Å². The summed E-state index contributed by atoms with van der Waals surface area (Å²) in [6.45, 7) is 6.92. The van der Waals surface area contributed by atoms with Crippen LogP contribution in [0.4, 0.5) is 0 Å². The van der Waals surface area contributed by atoms with Crippen molar-refractivity contribution in [2.24, 2.45) is 5.92 Å². The lowest BCUT2D eigenvalue weighted by Crippen LogP contribution is -2.37. The Morgan fingerprint density at radius 1 is 1.40 bits per heavy atom. The minimum Gasteiger partial charge on any atom is -0.392 e. The number of nitrogens with one attached hydrogen (secondary N) is 1. The van der Waals surface area contributed by atoms with Gasteiger partial charge in [0.15, 0.2) is 0 Å². The van der Waals surface area contributed by atoms with Gasteiger partial charge >= 0.3 is 0 Å². The summed E-state index contributed by atoms with van der Waals surface area (Å²) < 4.78 is 0. The molecule has 2 atom stereocenters. The number of hydrogen-bond acceptors (Lipinski definition) is 3. The second kappa shape index (κ2) is 6.26. The van der Waals surface area contributed by atoms with Gasteiger partial charge in [-0.2, -0.15) is 11.3 Å². The Morgan fingerprint density at radius 2 is 2.13 bits per heavy atom. The molecule has 2 nitrogen and oxygen atoms in total. The van der Waals surface area contributed by atoms with Crippen molar-refractivity contribution in [3.8, 4) is 0 Å². The van der Waals surface area contributed by atoms with Gasteiger partial charge < -0.3 is 10.4 Å². The van der Waals surface area contributed by atoms with Crippen LogP contribution in [0.25, 0.3) is 0 Å². The predicted molar refractivity (Wildman–Crippen MR) is 66.3 cm³/mol. The fourth-order valence-electron chi connectivity index (χ4n) is 1.39. The molecule has 86 valence electrons. The summed E-state index contributed by atoms with van der Waals surface area (Å²) >= 11 is 1.73. The van der Waals surface area contributed by atoms with Crippen molar-refractivity contribution >= 4 is 11.3 Å². The molecule has 0 saturated carbocycles. The largest absolute Gasteiger partial charge is 0.392 e. The molecule has 0 bridgehead atoms. The van der Waals surface area contributed by atoms with Crippen LogP contribution in [0.1, 0.15) is 26.3 Å². The number of aliphatic hydroxyl groups excluding tert-OH is 1. The second-order valence-corrected chi connectivity index (χ2v) is 5.24. The van der Waals surface area contributed by atoms with Gasteiger partial charge in [-0.25, -0.2) is 0 Å². The van der Waals surface area contributed by atoms with E-state index in [0.717, 1.165) is 6.42 Å². The van der Waals surface area contributed by atoms with Crippen molar-refractivity contribution in [3.05, 3.63) is 22.4 Å². The molecule has 0 aromatic carbocycles. The molecule has 0 fully saturated rings. The SMILES string of the molecule is CC(Cc1ccsc1)NCC(O)C(C)C. The van der Waals surface area contributed by atoms with E-state index in [-0.39, 0.29) is 6.10 Å². The summed E-state index contributed by atoms with van der Waals surface area (Å²) in [5.41, 5.74) is 1.37. The third-order valence-electron chi connectivity index (χ3n) is 2.57. The fraction of sp³-hybridized carbons (Fsp3) is 0.667. The minimum absolute atomic E-state index is 0.241. The molecule has 0 aliphatic rings. The highest BCUT2D eigenvalue weighted by molar-refractivity contribution is 7.07. The zero-order valence-electron chi connectivity index (χ0n) is 9.73. The van der Waals surface area contributed by atoms with E-state index in [0.29, 0.717) is 18.5 Å². The molecular formula is C12H21NOS. The minimum atomic E-state index is -0.241. The Kier molecular flexibility index (Phi) is 5.29. The summed E-state index contributed by atoms with van der Waals surface area (Å²) in [4.78, 5) is 0. The first kappa shape index (κ1) is 12.7. The molecule has 2 unspecified atom stereocenters. The van der Waals surface area contributed by atoms with Crippen LogP contribution in [0.2, 0.25) is 0 Å². The molecule has 0 aliphatic carbocycles. The number of aliphatic hydroxyl groups is 1. The molecule has 0 amide bonds. The fourth-order valence-corrected chi connectivity index (χ4v) is 2.07. The maximum absolute atomic E-state index is 9.64. The summed E-state index contributed by atoms with van der Waals surface area (Å²) in [5.74, 6) is 0.325. The van der Waals surface area contributed by atoms with Gasteiger partial charge in [-0.3, -0.25) is 0 Å². The van der Waals surface area contributed by atoms with Crippen molar-refractivity contribution in [1.82, 2.24) is 5.32 Å². The third kappa shape index (κ3) is 4.78. The van der Waals surface area contributed by atoms with Crippen LogP contribution in [0.5, 0.6) is 0 Å². The number of rotatable bonds is 6. The Hall–Kier alpha value is -0.380. The van der Waals surface area contributed by atoms with E-state index in [1.165, 1.54) is 5.56 Å². The Morgan fingerprint density at radius 3 is 2.67 bits per heavy atom. The van der Waals surface area contributed by atoms with Gasteiger partial charge in [-0.15, -0.1) is 0 Å². The van der Waals surface area contributed by atoms with Crippen molar-refractivity contribution in [3.63, 3.8) is 0 Å². The molecule has 1 rings (SSSR count). The average molecular weight is 227 g/mol. The molecule has 15 heavy (non-hydrogen) atoms. The van der Waals surface area contributed by atoms with E-state index >= 15 is 0 Å². The Balaban J connectivity index is 2.22. The summed E-state index contributed by atoms with van der Waals surface area (Å²) in [5, 5.41) is 17.3. The van der Waals surface area contributed by atoms with Gasteiger partial charge in [0, 0.05) is 12.6 Å². The maximum atomic E-state index is 9.64. The van der Waals surface area contributed by atoms with Crippen LogP contribution in [-0.2, 0) is 6.42 Å². The van der Waals surface area contributed by atoms with Gasteiger partial charge in [-0.1, -0.05) is 13.8 Å². The van der Waals surface area contributed by atoms with E-state index in [1.54, 1.807) is 11.3 Å². The quantitative estimate of drug-likeness (QED) is 0.781. The summed E-state index contributed by atoms with van der Waals surface area (Å²) in [6, 6.07) is 2.58. The second-order valence-electron chi connectivity index (χ2n) is 4.46. The standard InChI is InChI=1S/C12H21NOS/c1-9(2)12(14)7-13-10(3)6-11-4-5-15-8-11/h4-5,8-10,12-14H,6-7H2,1-3H3. The first-order chi connectivity index (χ1) is 7.09. The Labute approximate surface area is 96.3 Å². The van der Waals surface area contributed by atoms with Crippen molar-refractivity contribution in [2.45, 2.75) is 39.3 Å². The molecule has 2 N–H and O–H groups in total. The molecule has 1 aromatic heterocycles. The Bertz CT molecular complexity index is 259. The highest BCUT2D eigenvalue weighted by Crippen LogP contribution is 2.08. The smallest absolute Gasteiger partial charge is 0.0687 e. The first-order valence-electron chi connectivity index (χ1n) is 5.52. The zero-order chi connectivity index (χ0) is 11.3. The van der Waals surface area contributed by atoms with E-state index in [4.69, 9.17) is 0 Å². The summed E-state index contributed by atoms with van der Waals surface area (Å²) in [7, 11) is 0. The van der Waals surface area contributed by atoms with E-state index < -0.39 is 0 Å². The van der Waals surface area contributed by atoms with Gasteiger partial charge in [0.1, 0.15) is 0 Å². The van der Waals surface area contributed by atoms with Crippen LogP contribution < -0.4 is 5.32 Å². The zero-order valence-corrected chi connectivity index (χ0v) is 10.6. The van der Waals surface area contributed by atoms with Crippen LogP contribution >= 0.6 is 11.3 Å². The normalized spacial score (nSPS) is 15.5. The van der Waals surface area contributed by atoms with Crippen LogP contribution in [0, 0.1) is 5.92 Å². The van der Waals surface area contributed by atoms with Crippen LogP contribution in [0.3, 0.4) is 0 Å². The number of thiophene rings is 1. The predicted octanol–water partition coefficient (Wildman–Crippen LogP) is 2.29. The number of hydrogen-bond donors (Lipinski definition) is 2. The molecule has 0 spiro atoms. The van der Waals surface area contributed by atoms with Gasteiger partial charge in [0.05, 0.1) is 6.10 Å². The molecule has 1 aromatic rings. The molecule has 0 saturated heterocycles. The molecule has 0 aliphatic heterocycles. The molecule has 3 heteroatoms. The third-order valence-corrected chi connectivity index (χ3v) is 3.30. The first-order valence-corrected chi connectivity index (χ1v) is 6.46. The van der Waals surface area contributed by atoms with Gasteiger partial charge in [-0.05, 0) is 41.7 Å². The monoisotopic (exact) mass is 227 g/mol. The summed E-state index contributed by atoms with van der Waals surface area (Å²) in [6.07, 6.45) is 0.795. The van der Waals surface area contributed by atoms with Crippen molar-refractivity contribution < 1.29 is 5.11 Å². The average Bonchev–Trinajstić information content (AvgIpc) is 2.66. The lowest BCUT2D eigenvalue weighted by atomic mass is 10.1. The van der Waals surface area contributed by atoms with E-state index in [9.17, 15) is 5.11 Å². The van der Waals surface area contributed by atoms with Gasteiger partial charge in [0.25, 0.3) is 0 Å². The maximum Gasteiger partial charge on any atom is 0.0687 e. The van der Waals surface area contributed by atoms with Crippen molar-refractivity contribution in [1.29, 1.82) is 0 Å². The van der Waals surface area contributed by atoms with Crippen LogP contribution in [0.15, 0.2) is 16.8 Å². The molecular weight excluding hydrogens is 206 g/mol. The molecule has 0 radical (unpaired) electrons. The van der Waals surface area contributed by atoms with E-state index in [1.807, 2.05) is 13.8 Å². The van der Waals surface area contributed by atoms with E-state index in [2.05, 4.69) is 29.1 Å². The van der Waals surface area contributed by atoms with Gasteiger partial charge in [0.2, 0.25) is 0 Å². The topological polar surface area (TPSA) is 32.3 Å². The molecule has 1 heterocycles. The highest BCUT2D eigenvalue weighted by atomic mass is 32.1. The van der Waals surface area contributed by atoms with Crippen molar-refractivity contribution in [2.75, 3.05) is 6.54 Å².